The van der Waals surface area contributed by atoms with E-state index in [0.717, 1.165) is 13.0 Å². The molecule has 3 nitrogen and oxygen atoms in total. The molecule has 0 saturated carbocycles. The van der Waals surface area contributed by atoms with E-state index in [2.05, 4.69) is 4.90 Å². The zero-order valence-corrected chi connectivity index (χ0v) is 6.66. The van der Waals surface area contributed by atoms with Crippen molar-refractivity contribution in [3.8, 4) is 0 Å². The molecule has 2 aliphatic heterocycles. The summed E-state index contributed by atoms with van der Waals surface area (Å²) < 4.78 is 0. The molecular weight excluding hydrogens is 142 g/mol. The minimum Gasteiger partial charge on any atom is -0.396 e. The molecular formula is C8H15NO2. The Bertz CT molecular complexity index is 148. The molecule has 64 valence electrons. The number of piperidine rings is 1. The third-order valence-corrected chi connectivity index (χ3v) is 2.95. The van der Waals surface area contributed by atoms with Gasteiger partial charge in [-0.25, -0.2) is 0 Å². The summed E-state index contributed by atoms with van der Waals surface area (Å²) in [7, 11) is 0. The van der Waals surface area contributed by atoms with Gasteiger partial charge >= 0.3 is 0 Å². The van der Waals surface area contributed by atoms with E-state index in [1.54, 1.807) is 0 Å². The standard InChI is InChI=1S/C8H15NO2/c10-6-4-8(11)7-3-1-2-5-9(7)8/h7,10-11H,1-6H2/t7-,8-,9?/m1/s1. The molecule has 2 N–H and O–H groups in total. The van der Waals surface area contributed by atoms with Crippen LogP contribution in [0.4, 0.5) is 0 Å². The van der Waals surface area contributed by atoms with Crippen molar-refractivity contribution in [3.05, 3.63) is 0 Å². The quantitative estimate of drug-likeness (QED) is 0.551. The molecule has 2 rings (SSSR count). The Hall–Kier alpha value is -0.120. The molecule has 0 aromatic heterocycles. The van der Waals surface area contributed by atoms with Crippen molar-refractivity contribution in [2.75, 3.05) is 13.2 Å². The van der Waals surface area contributed by atoms with Gasteiger partial charge in [-0.05, 0) is 12.8 Å². The van der Waals surface area contributed by atoms with Crippen LogP contribution in [0, 0.1) is 0 Å². The number of fused-ring (bicyclic) bond motifs is 1. The molecule has 2 heterocycles. The summed E-state index contributed by atoms with van der Waals surface area (Å²) in [6.07, 6.45) is 4.06. The Morgan fingerprint density at radius 3 is 2.82 bits per heavy atom. The highest BCUT2D eigenvalue weighted by Gasteiger charge is 2.61. The molecule has 3 heteroatoms. The maximum absolute atomic E-state index is 9.85. The van der Waals surface area contributed by atoms with E-state index in [-0.39, 0.29) is 6.61 Å². The van der Waals surface area contributed by atoms with Gasteiger partial charge < -0.3 is 10.2 Å². The van der Waals surface area contributed by atoms with Crippen molar-refractivity contribution in [2.45, 2.75) is 37.5 Å². The largest absolute Gasteiger partial charge is 0.396 e. The van der Waals surface area contributed by atoms with Crippen molar-refractivity contribution < 1.29 is 10.2 Å². The highest BCUT2D eigenvalue weighted by molar-refractivity contribution is 5.10. The van der Waals surface area contributed by atoms with Gasteiger partial charge in [0.1, 0.15) is 5.72 Å². The van der Waals surface area contributed by atoms with E-state index in [1.165, 1.54) is 12.8 Å². The van der Waals surface area contributed by atoms with Crippen LogP contribution in [0.25, 0.3) is 0 Å². The first-order chi connectivity index (χ1) is 5.29. The number of aliphatic hydroxyl groups is 2. The number of hydrogen-bond acceptors (Lipinski definition) is 3. The van der Waals surface area contributed by atoms with Crippen molar-refractivity contribution in [1.29, 1.82) is 0 Å². The first-order valence-corrected chi connectivity index (χ1v) is 4.39. The first kappa shape index (κ1) is 7.53. The summed E-state index contributed by atoms with van der Waals surface area (Å²) in [5.41, 5.74) is -0.620. The van der Waals surface area contributed by atoms with Gasteiger partial charge in [-0.15, -0.1) is 0 Å². The summed E-state index contributed by atoms with van der Waals surface area (Å²) >= 11 is 0. The molecule has 2 fully saturated rings. The number of rotatable bonds is 2. The van der Waals surface area contributed by atoms with Gasteiger partial charge in [-0.3, -0.25) is 4.90 Å². The van der Waals surface area contributed by atoms with Gasteiger partial charge in [0, 0.05) is 19.6 Å². The van der Waals surface area contributed by atoms with E-state index < -0.39 is 5.72 Å². The summed E-state index contributed by atoms with van der Waals surface area (Å²) in [4.78, 5) is 2.10. The lowest BCUT2D eigenvalue weighted by molar-refractivity contribution is 0.0589. The van der Waals surface area contributed by atoms with Crippen LogP contribution < -0.4 is 0 Å². The van der Waals surface area contributed by atoms with Crippen LogP contribution in [0.3, 0.4) is 0 Å². The van der Waals surface area contributed by atoms with Crippen LogP contribution in [-0.4, -0.2) is 40.0 Å². The molecule has 11 heavy (non-hydrogen) atoms. The molecule has 0 amide bonds. The molecule has 0 aromatic rings. The summed E-state index contributed by atoms with van der Waals surface area (Å²) in [6.45, 7) is 1.12. The van der Waals surface area contributed by atoms with E-state index in [9.17, 15) is 5.11 Å². The van der Waals surface area contributed by atoms with Crippen LogP contribution in [0.5, 0.6) is 0 Å². The van der Waals surface area contributed by atoms with Gasteiger partial charge in [0.25, 0.3) is 0 Å². The lowest BCUT2D eigenvalue weighted by atomic mass is 10.1. The molecule has 0 spiro atoms. The number of nitrogens with zero attached hydrogens (tertiary/aromatic N) is 1. The highest BCUT2D eigenvalue weighted by atomic mass is 16.3. The molecule has 0 radical (unpaired) electrons. The van der Waals surface area contributed by atoms with Gasteiger partial charge in [0.05, 0.1) is 6.04 Å². The molecule has 0 aromatic carbocycles. The Balaban J connectivity index is 1.97. The number of hydrogen-bond donors (Lipinski definition) is 2. The molecule has 0 bridgehead atoms. The number of aliphatic hydroxyl groups excluding tert-OH is 1. The third kappa shape index (κ3) is 0.991. The highest BCUT2D eigenvalue weighted by Crippen LogP contribution is 2.46. The summed E-state index contributed by atoms with van der Waals surface area (Å²) in [5.74, 6) is 0. The zero-order valence-electron chi connectivity index (χ0n) is 6.66. The fraction of sp³-hybridized carbons (Fsp3) is 1.00. The maximum Gasteiger partial charge on any atom is 0.136 e. The van der Waals surface area contributed by atoms with E-state index in [4.69, 9.17) is 5.11 Å². The lowest BCUT2D eigenvalue weighted by Crippen LogP contribution is -2.19. The van der Waals surface area contributed by atoms with E-state index in [1.807, 2.05) is 0 Å². The van der Waals surface area contributed by atoms with Crippen molar-refractivity contribution >= 4 is 0 Å². The Kier molecular flexibility index (Phi) is 1.67. The van der Waals surface area contributed by atoms with Crippen LogP contribution in [0.15, 0.2) is 0 Å². The third-order valence-electron chi connectivity index (χ3n) is 2.95. The fourth-order valence-electron chi connectivity index (χ4n) is 2.27. The minimum atomic E-state index is -0.620. The monoisotopic (exact) mass is 157 g/mol. The molecule has 2 saturated heterocycles. The van der Waals surface area contributed by atoms with Crippen LogP contribution in [-0.2, 0) is 0 Å². The van der Waals surface area contributed by atoms with Crippen LogP contribution >= 0.6 is 0 Å². The topological polar surface area (TPSA) is 43.5 Å². The van der Waals surface area contributed by atoms with Crippen molar-refractivity contribution in [3.63, 3.8) is 0 Å². The second-order valence-corrected chi connectivity index (χ2v) is 3.56. The Morgan fingerprint density at radius 2 is 2.27 bits per heavy atom. The Morgan fingerprint density at radius 1 is 1.45 bits per heavy atom. The zero-order chi connectivity index (χ0) is 7.90. The smallest absolute Gasteiger partial charge is 0.136 e. The Labute approximate surface area is 66.6 Å². The van der Waals surface area contributed by atoms with Gasteiger partial charge in [0.15, 0.2) is 0 Å². The molecule has 3 atom stereocenters. The van der Waals surface area contributed by atoms with Crippen molar-refractivity contribution in [2.24, 2.45) is 0 Å². The molecule has 2 aliphatic rings. The van der Waals surface area contributed by atoms with Gasteiger partial charge in [-0.2, -0.15) is 0 Å². The molecule has 1 unspecified atom stereocenters. The SMILES string of the molecule is OCC[C@@]1(O)[C@H]2CCCCN21. The predicted molar refractivity (Wildman–Crippen MR) is 41.0 cm³/mol. The predicted octanol–water partition coefficient (Wildman–Crippen LogP) is -0.0745. The minimum absolute atomic E-state index is 0.101. The van der Waals surface area contributed by atoms with Crippen molar-refractivity contribution in [1.82, 2.24) is 4.90 Å². The van der Waals surface area contributed by atoms with Crippen LogP contribution in [0.1, 0.15) is 25.7 Å². The lowest BCUT2D eigenvalue weighted by Gasteiger charge is -2.08. The second kappa shape index (κ2) is 2.44. The molecule has 0 aliphatic carbocycles. The van der Waals surface area contributed by atoms with E-state index in [0.29, 0.717) is 12.5 Å². The summed E-state index contributed by atoms with van der Waals surface area (Å²) in [6, 6.07) is 0.364. The maximum atomic E-state index is 9.85. The van der Waals surface area contributed by atoms with E-state index >= 15 is 0 Å². The fourth-order valence-corrected chi connectivity index (χ4v) is 2.27. The normalized spacial score (nSPS) is 48.5. The average Bonchev–Trinajstić information content (AvgIpc) is 2.60. The van der Waals surface area contributed by atoms with Gasteiger partial charge in [0.2, 0.25) is 0 Å². The van der Waals surface area contributed by atoms with Gasteiger partial charge in [-0.1, -0.05) is 6.42 Å². The first-order valence-electron chi connectivity index (χ1n) is 4.39. The average molecular weight is 157 g/mol. The second-order valence-electron chi connectivity index (χ2n) is 3.56. The summed E-state index contributed by atoms with van der Waals surface area (Å²) in [5, 5.41) is 18.6. The van der Waals surface area contributed by atoms with Crippen LogP contribution in [0.2, 0.25) is 0 Å².